The van der Waals surface area contributed by atoms with Crippen LogP contribution in [0.5, 0.6) is 0 Å². The Morgan fingerprint density at radius 1 is 1.38 bits per heavy atom. The number of nitrogens with zero attached hydrogens (tertiary/aromatic N) is 3. The van der Waals surface area contributed by atoms with Crippen molar-refractivity contribution in [2.75, 3.05) is 13.1 Å². The van der Waals surface area contributed by atoms with Gasteiger partial charge in [-0.2, -0.15) is 0 Å². The molecule has 2 N–H and O–H groups in total. The highest BCUT2D eigenvalue weighted by Crippen LogP contribution is 2.13. The maximum atomic E-state index is 12.4. The molecule has 1 unspecified atom stereocenters. The quantitative estimate of drug-likeness (QED) is 0.784. The lowest BCUT2D eigenvalue weighted by molar-refractivity contribution is 0.0945. The summed E-state index contributed by atoms with van der Waals surface area (Å²) >= 11 is 0. The maximum Gasteiger partial charge on any atom is 0.332 e. The van der Waals surface area contributed by atoms with Crippen LogP contribution in [0.4, 0.5) is 0 Å². The number of nitrogens with one attached hydrogen (secondary N) is 2. The summed E-state index contributed by atoms with van der Waals surface area (Å²) in [7, 11) is 2.97. The minimum Gasteiger partial charge on any atom is -0.349 e. The van der Waals surface area contributed by atoms with Crippen LogP contribution in [0.3, 0.4) is 0 Å². The van der Waals surface area contributed by atoms with Crippen LogP contribution in [0.15, 0.2) is 15.7 Å². The standard InChI is InChI=1S/C16H21N5O3/c1-9-7-11(14(22)18-8-10-5-4-6-17-10)19-13-12(9)15(23)21(3)16(24)20(13)2/h7,10,17H,4-6,8H2,1-3H3,(H,18,22). The van der Waals surface area contributed by atoms with Crippen LogP contribution < -0.4 is 21.9 Å². The van der Waals surface area contributed by atoms with E-state index in [0.717, 1.165) is 24.0 Å². The topological polar surface area (TPSA) is 98.0 Å². The molecule has 1 saturated heterocycles. The SMILES string of the molecule is Cc1cc(C(=O)NCC2CCCN2)nc2c1c(=O)n(C)c(=O)n2C. The van der Waals surface area contributed by atoms with E-state index in [4.69, 9.17) is 0 Å². The predicted octanol–water partition coefficient (Wildman–Crippen LogP) is -0.578. The molecule has 0 saturated carbocycles. The molecule has 8 heteroatoms. The Morgan fingerprint density at radius 2 is 2.12 bits per heavy atom. The van der Waals surface area contributed by atoms with Crippen molar-refractivity contribution in [2.24, 2.45) is 14.1 Å². The fourth-order valence-electron chi connectivity index (χ4n) is 3.09. The molecule has 1 aliphatic heterocycles. The number of pyridine rings is 1. The van der Waals surface area contributed by atoms with Gasteiger partial charge in [0.2, 0.25) is 0 Å². The smallest absolute Gasteiger partial charge is 0.332 e. The van der Waals surface area contributed by atoms with Crippen LogP contribution in [0.1, 0.15) is 28.9 Å². The van der Waals surface area contributed by atoms with Gasteiger partial charge in [-0.15, -0.1) is 0 Å². The van der Waals surface area contributed by atoms with E-state index in [0.29, 0.717) is 17.5 Å². The molecule has 24 heavy (non-hydrogen) atoms. The van der Waals surface area contributed by atoms with E-state index in [1.54, 1.807) is 20.0 Å². The van der Waals surface area contributed by atoms with Crippen molar-refractivity contribution in [2.45, 2.75) is 25.8 Å². The van der Waals surface area contributed by atoms with Crippen molar-refractivity contribution in [3.8, 4) is 0 Å². The van der Waals surface area contributed by atoms with E-state index in [-0.39, 0.29) is 23.3 Å². The van der Waals surface area contributed by atoms with Gasteiger partial charge in [0.25, 0.3) is 11.5 Å². The average Bonchev–Trinajstić information content (AvgIpc) is 3.08. The number of carbonyl (C=O) groups is 1. The van der Waals surface area contributed by atoms with Crippen molar-refractivity contribution in [3.05, 3.63) is 38.2 Å². The third kappa shape index (κ3) is 2.73. The number of rotatable bonds is 3. The summed E-state index contributed by atoms with van der Waals surface area (Å²) in [4.78, 5) is 41.0. The summed E-state index contributed by atoms with van der Waals surface area (Å²) in [6, 6.07) is 1.87. The molecule has 0 aliphatic carbocycles. The highest BCUT2D eigenvalue weighted by atomic mass is 16.2. The molecule has 1 fully saturated rings. The molecular weight excluding hydrogens is 310 g/mol. The van der Waals surface area contributed by atoms with Crippen LogP contribution in [0, 0.1) is 6.92 Å². The molecular formula is C16H21N5O3. The molecule has 1 aliphatic rings. The van der Waals surface area contributed by atoms with Crippen LogP contribution in [-0.2, 0) is 14.1 Å². The minimum absolute atomic E-state index is 0.209. The second-order valence-corrected chi connectivity index (χ2v) is 6.23. The second-order valence-electron chi connectivity index (χ2n) is 6.23. The summed E-state index contributed by atoms with van der Waals surface area (Å²) in [5.74, 6) is -0.304. The van der Waals surface area contributed by atoms with Gasteiger partial charge in [-0.25, -0.2) is 9.78 Å². The van der Waals surface area contributed by atoms with E-state index in [9.17, 15) is 14.4 Å². The zero-order chi connectivity index (χ0) is 17.4. The zero-order valence-electron chi connectivity index (χ0n) is 14.0. The number of aryl methyl sites for hydroxylation is 2. The van der Waals surface area contributed by atoms with Gasteiger partial charge < -0.3 is 10.6 Å². The van der Waals surface area contributed by atoms with Crippen molar-refractivity contribution in [1.29, 1.82) is 0 Å². The summed E-state index contributed by atoms with van der Waals surface area (Å²) in [5.41, 5.74) is 0.196. The van der Waals surface area contributed by atoms with Gasteiger partial charge in [-0.1, -0.05) is 0 Å². The largest absolute Gasteiger partial charge is 0.349 e. The van der Waals surface area contributed by atoms with Gasteiger partial charge in [0.15, 0.2) is 0 Å². The van der Waals surface area contributed by atoms with E-state index < -0.39 is 11.2 Å². The zero-order valence-corrected chi connectivity index (χ0v) is 14.0. The number of hydrogen-bond donors (Lipinski definition) is 2. The lowest BCUT2D eigenvalue weighted by atomic mass is 10.1. The molecule has 0 bridgehead atoms. The summed E-state index contributed by atoms with van der Waals surface area (Å²) in [6.45, 7) is 3.25. The Bertz CT molecular complexity index is 922. The molecule has 1 atom stereocenters. The van der Waals surface area contributed by atoms with E-state index >= 15 is 0 Å². The van der Waals surface area contributed by atoms with Gasteiger partial charge in [0, 0.05) is 26.7 Å². The van der Waals surface area contributed by atoms with Crippen LogP contribution in [0.2, 0.25) is 0 Å². The van der Waals surface area contributed by atoms with Crippen LogP contribution >= 0.6 is 0 Å². The minimum atomic E-state index is -0.466. The first-order valence-electron chi connectivity index (χ1n) is 7.99. The van der Waals surface area contributed by atoms with Crippen molar-refractivity contribution in [3.63, 3.8) is 0 Å². The Hall–Kier alpha value is -2.48. The number of fused-ring (bicyclic) bond motifs is 1. The third-order valence-electron chi connectivity index (χ3n) is 4.51. The summed E-state index contributed by atoms with van der Waals surface area (Å²) < 4.78 is 2.33. The average molecular weight is 331 g/mol. The fourth-order valence-corrected chi connectivity index (χ4v) is 3.09. The molecule has 0 radical (unpaired) electrons. The number of amides is 1. The Morgan fingerprint density at radius 3 is 2.79 bits per heavy atom. The molecule has 0 aromatic carbocycles. The lowest BCUT2D eigenvalue weighted by Crippen LogP contribution is -2.39. The van der Waals surface area contributed by atoms with Crippen LogP contribution in [-0.4, -0.2) is 39.2 Å². The van der Waals surface area contributed by atoms with Gasteiger partial charge in [0.1, 0.15) is 11.3 Å². The number of hydrogen-bond acceptors (Lipinski definition) is 5. The van der Waals surface area contributed by atoms with Gasteiger partial charge >= 0.3 is 5.69 Å². The summed E-state index contributed by atoms with van der Waals surface area (Å²) in [6.07, 6.45) is 2.15. The molecule has 2 aromatic heterocycles. The predicted molar refractivity (Wildman–Crippen MR) is 90.3 cm³/mol. The monoisotopic (exact) mass is 331 g/mol. The van der Waals surface area contributed by atoms with Crippen molar-refractivity contribution < 1.29 is 4.79 Å². The number of carbonyl (C=O) groups excluding carboxylic acids is 1. The molecule has 128 valence electrons. The van der Waals surface area contributed by atoms with Crippen LogP contribution in [0.25, 0.3) is 11.0 Å². The maximum absolute atomic E-state index is 12.4. The fraction of sp³-hybridized carbons (Fsp3) is 0.500. The summed E-state index contributed by atoms with van der Waals surface area (Å²) in [5, 5.41) is 6.52. The second kappa shape index (κ2) is 6.20. The van der Waals surface area contributed by atoms with Crippen molar-refractivity contribution in [1.82, 2.24) is 24.8 Å². The third-order valence-corrected chi connectivity index (χ3v) is 4.51. The first kappa shape index (κ1) is 16.4. The van der Waals surface area contributed by atoms with E-state index in [1.165, 1.54) is 11.6 Å². The Kier molecular flexibility index (Phi) is 4.23. The first-order chi connectivity index (χ1) is 11.4. The Labute approximate surface area is 138 Å². The molecule has 2 aromatic rings. The highest BCUT2D eigenvalue weighted by molar-refractivity contribution is 5.95. The number of aromatic nitrogens is 3. The molecule has 0 spiro atoms. The lowest BCUT2D eigenvalue weighted by Gasteiger charge is -2.13. The normalized spacial score (nSPS) is 17.4. The van der Waals surface area contributed by atoms with Gasteiger partial charge in [0.05, 0.1) is 5.39 Å². The van der Waals surface area contributed by atoms with Crippen molar-refractivity contribution >= 4 is 16.9 Å². The Balaban J connectivity index is 1.99. The first-order valence-corrected chi connectivity index (χ1v) is 7.99. The molecule has 3 heterocycles. The molecule has 1 amide bonds. The van der Waals surface area contributed by atoms with E-state index in [1.807, 2.05) is 0 Å². The highest BCUT2D eigenvalue weighted by Gasteiger charge is 2.18. The molecule has 3 rings (SSSR count). The molecule has 8 nitrogen and oxygen atoms in total. The van der Waals surface area contributed by atoms with Gasteiger partial charge in [-0.3, -0.25) is 18.7 Å². The van der Waals surface area contributed by atoms with E-state index in [2.05, 4.69) is 15.6 Å². The van der Waals surface area contributed by atoms with Gasteiger partial charge in [-0.05, 0) is 37.9 Å².